The maximum Gasteiger partial charge on any atom is 0.327 e. The fourth-order valence-corrected chi connectivity index (χ4v) is 2.95. The smallest absolute Gasteiger partial charge is 0.327 e. The van der Waals surface area contributed by atoms with Crippen LogP contribution in [0.2, 0.25) is 0 Å². The molecule has 1 amide bonds. The Labute approximate surface area is 108 Å². The number of aliphatic carboxylic acids is 1. The summed E-state index contributed by atoms with van der Waals surface area (Å²) in [5, 5.41) is 9.00. The van der Waals surface area contributed by atoms with Crippen LogP contribution in [0.15, 0.2) is 18.2 Å². The number of thioether (sulfide) groups is 1. The van der Waals surface area contributed by atoms with E-state index in [2.05, 4.69) is 0 Å². The van der Waals surface area contributed by atoms with Gasteiger partial charge in [-0.1, -0.05) is 11.6 Å². The molecule has 1 heterocycles. The molecule has 1 unspecified atom stereocenters. The Kier molecular flexibility index (Phi) is 3.56. The van der Waals surface area contributed by atoms with E-state index >= 15 is 0 Å². The Hall–Kier alpha value is -1.56. The van der Waals surface area contributed by atoms with Crippen LogP contribution in [-0.4, -0.2) is 39.6 Å². The van der Waals surface area contributed by atoms with Gasteiger partial charge >= 0.3 is 5.97 Å². The van der Waals surface area contributed by atoms with E-state index < -0.39 is 23.7 Å². The van der Waals surface area contributed by atoms with Gasteiger partial charge in [0.1, 0.15) is 11.9 Å². The van der Waals surface area contributed by atoms with Crippen molar-refractivity contribution in [2.75, 3.05) is 11.6 Å². The molecular weight excluding hydrogens is 257 g/mol. The van der Waals surface area contributed by atoms with E-state index in [4.69, 9.17) is 5.11 Å². The predicted molar refractivity (Wildman–Crippen MR) is 66.1 cm³/mol. The first-order valence-corrected chi connectivity index (χ1v) is 6.54. The van der Waals surface area contributed by atoms with Gasteiger partial charge in [-0.2, -0.15) is 0 Å². The lowest BCUT2D eigenvalue weighted by Crippen LogP contribution is -2.42. The number of carboxylic acids is 1. The standard InChI is InChI=1S/C12H12FNO3S/c1-7-2-3-9(13)8(4-7)11(15)14-6-18-5-10(14)12(16)17/h2-4,10H,5-6H2,1H3,(H,16,17). The molecule has 0 aromatic heterocycles. The molecule has 0 radical (unpaired) electrons. The molecule has 96 valence electrons. The number of benzene rings is 1. The van der Waals surface area contributed by atoms with Crippen molar-refractivity contribution in [3.8, 4) is 0 Å². The van der Waals surface area contributed by atoms with Crippen molar-refractivity contribution >= 4 is 23.6 Å². The van der Waals surface area contributed by atoms with Gasteiger partial charge in [-0.25, -0.2) is 9.18 Å². The van der Waals surface area contributed by atoms with Crippen LogP contribution in [0.5, 0.6) is 0 Å². The molecule has 18 heavy (non-hydrogen) atoms. The summed E-state index contributed by atoms with van der Waals surface area (Å²) in [7, 11) is 0. The fraction of sp³-hybridized carbons (Fsp3) is 0.333. The third kappa shape index (κ3) is 2.33. The molecule has 1 aliphatic rings. The third-order valence-electron chi connectivity index (χ3n) is 2.78. The third-order valence-corrected chi connectivity index (χ3v) is 3.79. The van der Waals surface area contributed by atoms with Crippen molar-refractivity contribution in [2.45, 2.75) is 13.0 Å². The molecule has 0 aliphatic carbocycles. The van der Waals surface area contributed by atoms with E-state index in [-0.39, 0.29) is 11.4 Å². The van der Waals surface area contributed by atoms with Crippen LogP contribution >= 0.6 is 11.8 Å². The zero-order valence-corrected chi connectivity index (χ0v) is 10.5. The summed E-state index contributed by atoms with van der Waals surface area (Å²) in [6, 6.07) is 3.36. The van der Waals surface area contributed by atoms with Gasteiger partial charge in [0.05, 0.1) is 11.4 Å². The zero-order valence-electron chi connectivity index (χ0n) is 9.72. The van der Waals surface area contributed by atoms with E-state index in [1.807, 2.05) is 0 Å². The molecule has 2 rings (SSSR count). The second-order valence-electron chi connectivity index (χ2n) is 4.11. The van der Waals surface area contributed by atoms with Crippen molar-refractivity contribution in [3.63, 3.8) is 0 Å². The molecular formula is C12H12FNO3S. The largest absolute Gasteiger partial charge is 0.480 e. The summed E-state index contributed by atoms with van der Waals surface area (Å²) in [6.07, 6.45) is 0. The lowest BCUT2D eigenvalue weighted by Gasteiger charge is -2.20. The Balaban J connectivity index is 2.31. The molecule has 1 N–H and O–H groups in total. The number of carbonyl (C=O) groups excluding carboxylic acids is 1. The topological polar surface area (TPSA) is 57.6 Å². The quantitative estimate of drug-likeness (QED) is 0.888. The van der Waals surface area contributed by atoms with Crippen LogP contribution in [0.1, 0.15) is 15.9 Å². The summed E-state index contributed by atoms with van der Waals surface area (Å²) in [5.74, 6) is -1.61. The van der Waals surface area contributed by atoms with Crippen LogP contribution in [0.3, 0.4) is 0 Å². The zero-order chi connectivity index (χ0) is 13.3. The van der Waals surface area contributed by atoms with Crippen molar-refractivity contribution in [1.29, 1.82) is 0 Å². The molecule has 6 heteroatoms. The van der Waals surface area contributed by atoms with Gasteiger partial charge in [0.15, 0.2) is 0 Å². The van der Waals surface area contributed by atoms with Crippen molar-refractivity contribution < 1.29 is 19.1 Å². The molecule has 0 bridgehead atoms. The Morgan fingerprint density at radius 1 is 1.50 bits per heavy atom. The number of carbonyl (C=O) groups is 2. The van der Waals surface area contributed by atoms with Gasteiger partial charge in [0.25, 0.3) is 5.91 Å². The summed E-state index contributed by atoms with van der Waals surface area (Å²) in [6.45, 7) is 1.75. The summed E-state index contributed by atoms with van der Waals surface area (Å²) in [4.78, 5) is 24.3. The molecule has 1 fully saturated rings. The summed E-state index contributed by atoms with van der Waals surface area (Å²) >= 11 is 1.35. The van der Waals surface area contributed by atoms with Gasteiger partial charge in [-0.15, -0.1) is 11.8 Å². The maximum atomic E-state index is 13.6. The lowest BCUT2D eigenvalue weighted by atomic mass is 10.1. The molecule has 4 nitrogen and oxygen atoms in total. The van der Waals surface area contributed by atoms with Crippen LogP contribution in [-0.2, 0) is 4.79 Å². The average molecular weight is 269 g/mol. The Bertz CT molecular complexity index is 506. The minimum atomic E-state index is -1.05. The van der Waals surface area contributed by atoms with Crippen LogP contribution in [0.25, 0.3) is 0 Å². The van der Waals surface area contributed by atoms with E-state index in [9.17, 15) is 14.0 Å². The highest BCUT2D eigenvalue weighted by Gasteiger charge is 2.35. The molecule has 1 saturated heterocycles. The number of carboxylic acid groups (broad SMARTS) is 1. The molecule has 0 spiro atoms. The number of hydrogen-bond acceptors (Lipinski definition) is 3. The SMILES string of the molecule is Cc1ccc(F)c(C(=O)N2CSCC2C(=O)O)c1. The van der Waals surface area contributed by atoms with Crippen LogP contribution < -0.4 is 0 Å². The predicted octanol–water partition coefficient (Wildman–Crippen LogP) is 1.73. The molecule has 1 aliphatic heterocycles. The van der Waals surface area contributed by atoms with Gasteiger partial charge in [0.2, 0.25) is 0 Å². The maximum absolute atomic E-state index is 13.6. The van der Waals surface area contributed by atoms with Crippen molar-refractivity contribution in [1.82, 2.24) is 4.90 Å². The summed E-state index contributed by atoms with van der Waals surface area (Å²) < 4.78 is 13.6. The first-order valence-electron chi connectivity index (χ1n) is 5.38. The molecule has 1 aromatic carbocycles. The normalized spacial score (nSPS) is 19.0. The molecule has 0 saturated carbocycles. The number of rotatable bonds is 2. The number of aryl methyl sites for hydroxylation is 1. The first-order chi connectivity index (χ1) is 8.50. The first kappa shape index (κ1) is 12.9. The Morgan fingerprint density at radius 3 is 2.89 bits per heavy atom. The molecule has 1 aromatic rings. The fourth-order valence-electron chi connectivity index (χ4n) is 1.81. The van der Waals surface area contributed by atoms with E-state index in [1.165, 1.54) is 28.8 Å². The number of nitrogens with zero attached hydrogens (tertiary/aromatic N) is 1. The van der Waals surface area contributed by atoms with Crippen LogP contribution in [0, 0.1) is 12.7 Å². The Morgan fingerprint density at radius 2 is 2.22 bits per heavy atom. The highest BCUT2D eigenvalue weighted by atomic mass is 32.2. The average Bonchev–Trinajstić information content (AvgIpc) is 2.80. The van der Waals surface area contributed by atoms with E-state index in [1.54, 1.807) is 13.0 Å². The van der Waals surface area contributed by atoms with E-state index in [0.29, 0.717) is 5.75 Å². The number of hydrogen-bond donors (Lipinski definition) is 1. The second kappa shape index (κ2) is 4.97. The van der Waals surface area contributed by atoms with Gasteiger partial charge < -0.3 is 10.0 Å². The number of halogens is 1. The number of amides is 1. The van der Waals surface area contributed by atoms with Crippen molar-refractivity contribution in [3.05, 3.63) is 35.1 Å². The lowest BCUT2D eigenvalue weighted by molar-refractivity contribution is -0.140. The highest BCUT2D eigenvalue weighted by Crippen LogP contribution is 2.24. The van der Waals surface area contributed by atoms with Crippen LogP contribution in [0.4, 0.5) is 4.39 Å². The minimum Gasteiger partial charge on any atom is -0.480 e. The minimum absolute atomic E-state index is 0.0660. The second-order valence-corrected chi connectivity index (χ2v) is 5.11. The van der Waals surface area contributed by atoms with Gasteiger partial charge in [0, 0.05) is 5.75 Å². The van der Waals surface area contributed by atoms with Crippen molar-refractivity contribution in [2.24, 2.45) is 0 Å². The molecule has 1 atom stereocenters. The van der Waals surface area contributed by atoms with E-state index in [0.717, 1.165) is 5.56 Å². The monoisotopic (exact) mass is 269 g/mol. The van der Waals surface area contributed by atoms with Gasteiger partial charge in [-0.3, -0.25) is 4.79 Å². The highest BCUT2D eigenvalue weighted by molar-refractivity contribution is 7.99. The van der Waals surface area contributed by atoms with Gasteiger partial charge in [-0.05, 0) is 19.1 Å². The summed E-state index contributed by atoms with van der Waals surface area (Å²) in [5.41, 5.74) is 0.697.